The Balaban J connectivity index is 1.30. The molecule has 3 nitrogen and oxygen atoms in total. The molecule has 0 aliphatic rings. The molecule has 0 aliphatic heterocycles. The summed E-state index contributed by atoms with van der Waals surface area (Å²) in [6.07, 6.45) is 0. The van der Waals surface area contributed by atoms with E-state index in [0.29, 0.717) is 0 Å². The van der Waals surface area contributed by atoms with Crippen molar-refractivity contribution in [3.8, 4) is 28.2 Å². The van der Waals surface area contributed by atoms with Crippen molar-refractivity contribution >= 4 is 65.3 Å². The molecule has 60 heavy (non-hydrogen) atoms. The zero-order valence-corrected chi connectivity index (χ0v) is 36.7. The fourth-order valence-electron chi connectivity index (χ4n) is 9.36. The van der Waals surface area contributed by atoms with E-state index in [0.717, 1.165) is 44.4 Å². The highest BCUT2D eigenvalue weighted by Crippen LogP contribution is 2.45. The predicted octanol–water partition coefficient (Wildman–Crippen LogP) is 16.6. The lowest BCUT2D eigenvalue weighted by atomic mass is 9.78. The number of furan rings is 1. The Morgan fingerprint density at radius 2 is 1.07 bits per heavy atom. The normalized spacial score (nSPS) is 12.8. The second kappa shape index (κ2) is 13.7. The third kappa shape index (κ3) is 6.12. The van der Waals surface area contributed by atoms with E-state index in [-0.39, 0.29) is 22.7 Å². The molecule has 2 aromatic heterocycles. The molecule has 0 spiro atoms. The minimum atomic E-state index is 0.0155. The van der Waals surface area contributed by atoms with Crippen molar-refractivity contribution in [1.82, 2.24) is 9.55 Å². The van der Waals surface area contributed by atoms with Crippen LogP contribution in [0.4, 0.5) is 0 Å². The van der Waals surface area contributed by atoms with E-state index in [1.165, 1.54) is 71.4 Å². The van der Waals surface area contributed by atoms with Crippen molar-refractivity contribution in [3.63, 3.8) is 0 Å². The lowest BCUT2D eigenvalue weighted by Gasteiger charge is -2.28. The van der Waals surface area contributed by atoms with Crippen LogP contribution >= 0.6 is 0 Å². The number of hydrogen-bond acceptors (Lipinski definition) is 2. The maximum absolute atomic E-state index is 7.03. The van der Waals surface area contributed by atoms with Crippen molar-refractivity contribution < 1.29 is 4.42 Å². The first-order valence-electron chi connectivity index (χ1n) is 21.7. The summed E-state index contributed by atoms with van der Waals surface area (Å²) in [5.41, 5.74) is 13.9. The van der Waals surface area contributed by atoms with E-state index in [9.17, 15) is 0 Å². The average molecular weight is 783 g/mol. The first-order chi connectivity index (χ1) is 28.7. The second-order valence-electron chi connectivity index (χ2n) is 19.7. The van der Waals surface area contributed by atoms with Gasteiger partial charge in [0.25, 0.3) is 0 Å². The third-order valence-electron chi connectivity index (χ3n) is 12.8. The molecule has 8 aromatic carbocycles. The first kappa shape index (κ1) is 38.0. The molecule has 10 aromatic rings. The highest BCUT2D eigenvalue weighted by molar-refractivity contribution is 6.18. The number of rotatable bonds is 5. The van der Waals surface area contributed by atoms with Crippen molar-refractivity contribution in [2.45, 2.75) is 91.9 Å². The molecule has 0 N–H and O–H groups in total. The van der Waals surface area contributed by atoms with E-state index < -0.39 is 0 Å². The maximum atomic E-state index is 7.03. The highest BCUT2D eigenvalue weighted by atomic mass is 16.3. The summed E-state index contributed by atoms with van der Waals surface area (Å²) in [6, 6.07) is 49.5. The van der Waals surface area contributed by atoms with Crippen molar-refractivity contribution in [2.24, 2.45) is 0 Å². The standard InChI is InChI=1S/C57H54N2O/c1-33(2)46-29-39(38-26-40(56(5,6)7)31-41(27-38)57(8,9)10)30-47(34(3)4)52(46)59-53-43-19-14-12-17-36(43)24-25-50(53)58-55(59)45-21-15-20-44-49-28-37-23-22-35-16-11-13-18-42(35)48(37)32-51(49)60-54(44)45/h11-34H,1-10H3. The van der Waals surface area contributed by atoms with E-state index >= 15 is 0 Å². The number of benzene rings is 8. The molecule has 10 rings (SSSR count). The van der Waals surface area contributed by atoms with Gasteiger partial charge in [0.2, 0.25) is 0 Å². The molecular weight excluding hydrogens is 729 g/mol. The van der Waals surface area contributed by atoms with Crippen LogP contribution in [0, 0.1) is 0 Å². The maximum Gasteiger partial charge on any atom is 0.149 e. The van der Waals surface area contributed by atoms with Gasteiger partial charge in [-0.15, -0.1) is 0 Å². The van der Waals surface area contributed by atoms with Crippen LogP contribution in [0.25, 0.3) is 93.5 Å². The van der Waals surface area contributed by atoms with Gasteiger partial charge in [-0.05, 0) is 119 Å². The molecule has 0 saturated carbocycles. The third-order valence-corrected chi connectivity index (χ3v) is 12.8. The van der Waals surface area contributed by atoms with E-state index in [4.69, 9.17) is 9.40 Å². The Morgan fingerprint density at radius 3 is 1.72 bits per heavy atom. The van der Waals surface area contributed by atoms with Crippen LogP contribution in [-0.2, 0) is 10.8 Å². The van der Waals surface area contributed by atoms with Crippen LogP contribution in [-0.4, -0.2) is 9.55 Å². The number of imidazole rings is 1. The minimum absolute atomic E-state index is 0.0155. The Bertz CT molecular complexity index is 3280. The Morgan fingerprint density at radius 1 is 0.500 bits per heavy atom. The molecular formula is C57H54N2O. The Labute approximate surface area is 353 Å². The molecule has 3 heteroatoms. The molecule has 0 saturated heterocycles. The summed E-state index contributed by atoms with van der Waals surface area (Å²) in [6.45, 7) is 23.3. The van der Waals surface area contributed by atoms with E-state index in [1.807, 2.05) is 0 Å². The predicted molar refractivity (Wildman–Crippen MR) is 257 cm³/mol. The lowest BCUT2D eigenvalue weighted by Crippen LogP contribution is -2.16. The van der Waals surface area contributed by atoms with Crippen LogP contribution in [0.15, 0.2) is 138 Å². The molecule has 0 radical (unpaired) electrons. The lowest BCUT2D eigenvalue weighted by molar-refractivity contribution is 0.569. The van der Waals surface area contributed by atoms with Gasteiger partial charge in [0, 0.05) is 16.2 Å². The second-order valence-corrected chi connectivity index (χ2v) is 19.7. The molecule has 0 unspecified atom stereocenters. The largest absolute Gasteiger partial charge is 0.455 e. The van der Waals surface area contributed by atoms with Gasteiger partial charge in [-0.25, -0.2) is 4.98 Å². The van der Waals surface area contributed by atoms with Gasteiger partial charge in [-0.2, -0.15) is 0 Å². The van der Waals surface area contributed by atoms with Crippen LogP contribution in [0.2, 0.25) is 0 Å². The van der Waals surface area contributed by atoms with Crippen LogP contribution in [0.5, 0.6) is 0 Å². The van der Waals surface area contributed by atoms with Gasteiger partial charge in [-0.3, -0.25) is 4.57 Å². The fourth-order valence-corrected chi connectivity index (χ4v) is 9.36. The summed E-state index contributed by atoms with van der Waals surface area (Å²) < 4.78 is 9.52. The molecule has 0 amide bonds. The number of hydrogen-bond donors (Lipinski definition) is 0. The zero-order valence-electron chi connectivity index (χ0n) is 36.7. The zero-order chi connectivity index (χ0) is 41.8. The molecule has 0 fully saturated rings. The van der Waals surface area contributed by atoms with Gasteiger partial charge in [0.05, 0.1) is 22.3 Å². The van der Waals surface area contributed by atoms with E-state index in [2.05, 4.69) is 207 Å². The van der Waals surface area contributed by atoms with Crippen molar-refractivity contribution in [1.29, 1.82) is 0 Å². The quantitative estimate of drug-likeness (QED) is 0.163. The van der Waals surface area contributed by atoms with E-state index in [1.54, 1.807) is 0 Å². The summed E-state index contributed by atoms with van der Waals surface area (Å²) in [7, 11) is 0. The fraction of sp³-hybridized carbons (Fsp3) is 0.246. The minimum Gasteiger partial charge on any atom is -0.455 e. The van der Waals surface area contributed by atoms with Gasteiger partial charge in [0.1, 0.15) is 17.0 Å². The topological polar surface area (TPSA) is 31.0 Å². The SMILES string of the molecule is CC(C)c1cc(-c2cc(C(C)(C)C)cc(C(C)(C)C)c2)cc(C(C)C)c1-n1c(-c2cccc3c2oc2cc4c(ccc5ccccc54)cc23)nc2ccc3ccccc3c21. The van der Waals surface area contributed by atoms with Gasteiger partial charge in [-0.1, -0.05) is 166 Å². The smallest absolute Gasteiger partial charge is 0.149 e. The van der Waals surface area contributed by atoms with Crippen molar-refractivity contribution in [3.05, 3.63) is 156 Å². The number of para-hydroxylation sites is 1. The van der Waals surface area contributed by atoms with Gasteiger partial charge >= 0.3 is 0 Å². The number of aromatic nitrogens is 2. The monoisotopic (exact) mass is 782 g/mol. The summed E-state index contributed by atoms with van der Waals surface area (Å²) in [4.78, 5) is 5.59. The molecule has 0 bridgehead atoms. The van der Waals surface area contributed by atoms with Crippen molar-refractivity contribution in [2.75, 3.05) is 0 Å². The number of nitrogens with zero attached hydrogens (tertiary/aromatic N) is 2. The highest BCUT2D eigenvalue weighted by Gasteiger charge is 2.28. The molecule has 0 atom stereocenters. The summed E-state index contributed by atoms with van der Waals surface area (Å²) >= 11 is 0. The molecule has 0 aliphatic carbocycles. The van der Waals surface area contributed by atoms with Crippen LogP contribution in [0.3, 0.4) is 0 Å². The van der Waals surface area contributed by atoms with Gasteiger partial charge in [0.15, 0.2) is 0 Å². The van der Waals surface area contributed by atoms with Gasteiger partial charge < -0.3 is 4.42 Å². The average Bonchev–Trinajstić information content (AvgIpc) is 3.80. The van der Waals surface area contributed by atoms with Crippen LogP contribution < -0.4 is 0 Å². The summed E-state index contributed by atoms with van der Waals surface area (Å²) in [5.74, 6) is 1.35. The molecule has 298 valence electrons. The Hall–Kier alpha value is -6.19. The Kier molecular flexibility index (Phi) is 8.67. The number of fused-ring (bicyclic) bond motifs is 9. The summed E-state index contributed by atoms with van der Waals surface area (Å²) in [5, 5.41) is 9.46. The first-order valence-corrected chi connectivity index (χ1v) is 21.7. The van der Waals surface area contributed by atoms with Crippen LogP contribution in [0.1, 0.15) is 103 Å². The molecule has 2 heterocycles.